The van der Waals surface area contributed by atoms with Crippen molar-refractivity contribution in [1.82, 2.24) is 0 Å². The van der Waals surface area contributed by atoms with Crippen LogP contribution >= 0.6 is 0 Å². The van der Waals surface area contributed by atoms with Crippen LogP contribution in [0, 0.1) is 0 Å². The Labute approximate surface area is 41.6 Å². The van der Waals surface area contributed by atoms with E-state index in [9.17, 15) is 9.90 Å². The monoisotopic (exact) mass is 103 g/mol. The van der Waals surface area contributed by atoms with Crippen molar-refractivity contribution in [2.24, 2.45) is 0 Å². The second-order valence-electron chi connectivity index (χ2n) is 1.29. The average molecular weight is 103 g/mol. The SMILES string of the molecule is CC(O)C(=O)C[O-]. The van der Waals surface area contributed by atoms with Crippen LogP contribution in [0.4, 0.5) is 0 Å². The minimum atomic E-state index is -1.09. The summed E-state index contributed by atoms with van der Waals surface area (Å²) < 4.78 is 0. The van der Waals surface area contributed by atoms with Crippen molar-refractivity contribution < 1.29 is 15.0 Å². The van der Waals surface area contributed by atoms with E-state index in [0.29, 0.717) is 0 Å². The summed E-state index contributed by atoms with van der Waals surface area (Å²) in [6.45, 7) is 0.456. The van der Waals surface area contributed by atoms with E-state index in [1.54, 1.807) is 0 Å². The number of hydrogen-bond acceptors (Lipinski definition) is 3. The molecular weight excluding hydrogens is 96.0 g/mol. The molecule has 0 radical (unpaired) electrons. The van der Waals surface area contributed by atoms with E-state index in [4.69, 9.17) is 5.11 Å². The van der Waals surface area contributed by atoms with Crippen LogP contribution in [-0.2, 0) is 4.79 Å². The first-order valence-corrected chi connectivity index (χ1v) is 1.97. The van der Waals surface area contributed by atoms with Crippen LogP contribution in [0.5, 0.6) is 0 Å². The van der Waals surface area contributed by atoms with Crippen molar-refractivity contribution in [2.75, 3.05) is 6.61 Å². The maximum absolute atomic E-state index is 9.95. The first-order valence-electron chi connectivity index (χ1n) is 1.97. The van der Waals surface area contributed by atoms with Crippen molar-refractivity contribution in [3.8, 4) is 0 Å². The molecule has 0 aliphatic carbocycles. The maximum atomic E-state index is 9.95. The van der Waals surface area contributed by atoms with Gasteiger partial charge in [0.1, 0.15) is 11.9 Å². The van der Waals surface area contributed by atoms with Crippen LogP contribution in [0.25, 0.3) is 0 Å². The fourth-order valence-corrected chi connectivity index (χ4v) is 0.121. The zero-order valence-corrected chi connectivity index (χ0v) is 4.05. The number of Topliss-reactive ketones (excluding diaryl/α,β-unsaturated/α-hetero) is 1. The third-order valence-corrected chi connectivity index (χ3v) is 0.608. The molecule has 0 saturated heterocycles. The summed E-state index contributed by atoms with van der Waals surface area (Å²) in [4.78, 5) is 9.95. The highest BCUT2D eigenvalue weighted by Crippen LogP contribution is 1.76. The Morgan fingerprint density at radius 1 is 2.00 bits per heavy atom. The molecule has 0 spiro atoms. The second kappa shape index (κ2) is 2.71. The topological polar surface area (TPSA) is 60.4 Å². The van der Waals surface area contributed by atoms with Gasteiger partial charge in [-0.1, -0.05) is 6.61 Å². The molecule has 1 atom stereocenters. The Morgan fingerprint density at radius 2 is 2.43 bits per heavy atom. The molecular formula is C4H7O3-. The van der Waals surface area contributed by atoms with Gasteiger partial charge in [-0.2, -0.15) is 0 Å². The molecule has 1 unspecified atom stereocenters. The minimum Gasteiger partial charge on any atom is -0.849 e. The zero-order valence-electron chi connectivity index (χ0n) is 4.05. The molecule has 42 valence electrons. The van der Waals surface area contributed by atoms with Crippen molar-refractivity contribution in [1.29, 1.82) is 0 Å². The highest BCUT2D eigenvalue weighted by atomic mass is 16.3. The predicted molar refractivity (Wildman–Crippen MR) is 21.6 cm³/mol. The maximum Gasteiger partial charge on any atom is 0.144 e. The Balaban J connectivity index is 3.35. The number of aliphatic hydroxyl groups excluding tert-OH is 1. The molecule has 0 heterocycles. The number of ketones is 1. The summed E-state index contributed by atoms with van der Waals surface area (Å²) in [5.74, 6) is -0.653. The first kappa shape index (κ1) is 6.59. The van der Waals surface area contributed by atoms with E-state index in [2.05, 4.69) is 0 Å². The lowest BCUT2D eigenvalue weighted by Crippen LogP contribution is -2.27. The standard InChI is InChI=1S/C4H7O3/c1-3(6)4(7)2-5/h3,6H,2H2,1H3/q-1. The summed E-state index contributed by atoms with van der Waals surface area (Å²) in [6, 6.07) is 0. The third-order valence-electron chi connectivity index (χ3n) is 0.608. The third kappa shape index (κ3) is 2.31. The van der Waals surface area contributed by atoms with E-state index >= 15 is 0 Å². The van der Waals surface area contributed by atoms with Gasteiger partial charge in [0.15, 0.2) is 0 Å². The van der Waals surface area contributed by atoms with E-state index in [0.717, 1.165) is 0 Å². The van der Waals surface area contributed by atoms with Crippen molar-refractivity contribution >= 4 is 5.78 Å². The highest BCUT2D eigenvalue weighted by molar-refractivity contribution is 5.82. The van der Waals surface area contributed by atoms with Gasteiger partial charge in [0, 0.05) is 0 Å². The van der Waals surface area contributed by atoms with E-state index < -0.39 is 18.5 Å². The highest BCUT2D eigenvalue weighted by Gasteiger charge is 1.99. The molecule has 3 nitrogen and oxygen atoms in total. The van der Waals surface area contributed by atoms with Gasteiger partial charge < -0.3 is 10.2 Å². The average Bonchev–Trinajstić information content (AvgIpc) is 1.65. The van der Waals surface area contributed by atoms with E-state index in [-0.39, 0.29) is 0 Å². The van der Waals surface area contributed by atoms with Gasteiger partial charge in [0.2, 0.25) is 0 Å². The Bertz CT molecular complexity index is 67.3. The van der Waals surface area contributed by atoms with Gasteiger partial charge in [-0.25, -0.2) is 0 Å². The second-order valence-corrected chi connectivity index (χ2v) is 1.29. The first-order chi connectivity index (χ1) is 3.18. The fraction of sp³-hybridized carbons (Fsp3) is 0.750. The summed E-state index contributed by atoms with van der Waals surface area (Å²) in [6.07, 6.45) is -1.09. The molecule has 3 heteroatoms. The summed E-state index contributed by atoms with van der Waals surface area (Å²) in [7, 11) is 0. The summed E-state index contributed by atoms with van der Waals surface area (Å²) >= 11 is 0. The van der Waals surface area contributed by atoms with Crippen LogP contribution in [0.2, 0.25) is 0 Å². The van der Waals surface area contributed by atoms with Gasteiger partial charge in [-0.3, -0.25) is 4.79 Å². The number of carbonyl (C=O) groups is 1. The summed E-state index contributed by atoms with van der Waals surface area (Å²) in [5.41, 5.74) is 0. The lowest BCUT2D eigenvalue weighted by molar-refractivity contribution is -0.355. The van der Waals surface area contributed by atoms with Crippen LogP contribution in [0.3, 0.4) is 0 Å². The molecule has 0 saturated carbocycles. The van der Waals surface area contributed by atoms with Gasteiger partial charge in [0.05, 0.1) is 0 Å². The van der Waals surface area contributed by atoms with Gasteiger partial charge in [-0.05, 0) is 6.92 Å². The molecule has 1 N–H and O–H groups in total. The lowest BCUT2D eigenvalue weighted by Gasteiger charge is -2.03. The van der Waals surface area contributed by atoms with E-state index in [1.807, 2.05) is 0 Å². The van der Waals surface area contributed by atoms with Crippen molar-refractivity contribution in [3.63, 3.8) is 0 Å². The fourth-order valence-electron chi connectivity index (χ4n) is 0.121. The number of rotatable bonds is 2. The van der Waals surface area contributed by atoms with Crippen LogP contribution in [-0.4, -0.2) is 23.6 Å². The quantitative estimate of drug-likeness (QED) is 0.453. The van der Waals surface area contributed by atoms with Crippen LogP contribution in [0.15, 0.2) is 0 Å². The molecule has 0 bridgehead atoms. The van der Waals surface area contributed by atoms with Gasteiger partial charge >= 0.3 is 0 Å². The predicted octanol–water partition coefficient (Wildman–Crippen LogP) is -1.70. The van der Waals surface area contributed by atoms with Crippen LogP contribution in [0.1, 0.15) is 6.92 Å². The molecule has 0 aliphatic rings. The van der Waals surface area contributed by atoms with Crippen molar-refractivity contribution in [3.05, 3.63) is 0 Å². The minimum absolute atomic E-state index is 0.653. The zero-order chi connectivity index (χ0) is 5.86. The van der Waals surface area contributed by atoms with E-state index in [1.165, 1.54) is 6.92 Å². The number of carbonyl (C=O) groups excluding carboxylic acids is 1. The molecule has 0 aromatic carbocycles. The molecule has 0 rings (SSSR count). The molecule has 7 heavy (non-hydrogen) atoms. The number of aliphatic hydroxyl groups is 1. The normalized spacial score (nSPS) is 13.6. The van der Waals surface area contributed by atoms with Gasteiger partial charge in [0.25, 0.3) is 0 Å². The smallest absolute Gasteiger partial charge is 0.144 e. The Kier molecular flexibility index (Phi) is 2.55. The molecule has 0 amide bonds. The molecule has 0 fully saturated rings. The largest absolute Gasteiger partial charge is 0.849 e. The van der Waals surface area contributed by atoms with Gasteiger partial charge in [-0.15, -0.1) is 0 Å². The summed E-state index contributed by atoms with van der Waals surface area (Å²) in [5, 5.41) is 17.8. The molecule has 0 aliphatic heterocycles. The Morgan fingerprint density at radius 3 is 2.43 bits per heavy atom. The van der Waals surface area contributed by atoms with Crippen LogP contribution < -0.4 is 5.11 Å². The Hall–Kier alpha value is -0.410. The van der Waals surface area contributed by atoms with Crippen molar-refractivity contribution in [2.45, 2.75) is 13.0 Å². The molecule has 0 aromatic rings. The lowest BCUT2D eigenvalue weighted by atomic mass is 10.3. The number of hydrogen-bond donors (Lipinski definition) is 1. The molecule has 0 aromatic heterocycles.